The molecular weight excluding hydrogens is 474 g/mol. The Morgan fingerprint density at radius 2 is 1.65 bits per heavy atom. The summed E-state index contributed by atoms with van der Waals surface area (Å²) in [5.41, 5.74) is 3.84. The molecule has 1 saturated heterocycles. The van der Waals surface area contributed by atoms with Crippen LogP contribution < -0.4 is 19.7 Å². The van der Waals surface area contributed by atoms with Crippen molar-refractivity contribution in [1.29, 1.82) is 0 Å². The smallest absolute Gasteiger partial charge is 0.180 e. The van der Waals surface area contributed by atoms with E-state index in [1.807, 2.05) is 25.1 Å². The average molecular weight is 503 g/mol. The largest absolute Gasteiger partial charge is 0.490 e. The molecule has 3 aromatic rings. The summed E-state index contributed by atoms with van der Waals surface area (Å²) in [5, 5.41) is 4.63. The van der Waals surface area contributed by atoms with E-state index >= 15 is 0 Å². The highest BCUT2D eigenvalue weighted by Gasteiger charge is 2.15. The van der Waals surface area contributed by atoms with Gasteiger partial charge in [0.2, 0.25) is 0 Å². The number of anilines is 2. The van der Waals surface area contributed by atoms with Gasteiger partial charge in [0.25, 0.3) is 0 Å². The molecule has 1 N–H and O–H groups in total. The summed E-state index contributed by atoms with van der Waals surface area (Å²) >= 11 is 13.1. The zero-order chi connectivity index (χ0) is 23.9. The first-order valence-electron chi connectivity index (χ1n) is 11.6. The Hall–Kier alpha value is -2.63. The van der Waals surface area contributed by atoms with Crippen LogP contribution in [0.2, 0.25) is 10.0 Å². The monoisotopic (exact) mass is 502 g/mol. The molecule has 1 heterocycles. The van der Waals surface area contributed by atoms with E-state index in [0.29, 0.717) is 29.7 Å². The summed E-state index contributed by atoms with van der Waals surface area (Å²) < 4.78 is 24.9. The van der Waals surface area contributed by atoms with Crippen LogP contribution in [0.1, 0.15) is 37.3 Å². The van der Waals surface area contributed by atoms with Gasteiger partial charge in [0, 0.05) is 25.3 Å². The Bertz CT molecular complexity index is 1100. The number of nitrogens with zero attached hydrogens (tertiary/aromatic N) is 1. The highest BCUT2D eigenvalue weighted by Crippen LogP contribution is 2.38. The fourth-order valence-electron chi connectivity index (χ4n) is 4.07. The van der Waals surface area contributed by atoms with Gasteiger partial charge in [-0.1, -0.05) is 35.3 Å². The number of rotatable bonds is 9. The predicted molar refractivity (Wildman–Crippen MR) is 138 cm³/mol. The number of nitrogens with one attached hydrogen (secondary N) is 1. The van der Waals surface area contributed by atoms with Crippen LogP contribution in [0.15, 0.2) is 54.6 Å². The molecule has 1 fully saturated rings. The van der Waals surface area contributed by atoms with Crippen molar-refractivity contribution in [1.82, 2.24) is 0 Å². The lowest BCUT2D eigenvalue weighted by Crippen LogP contribution is -2.29. The molecule has 0 atom stereocenters. The van der Waals surface area contributed by atoms with E-state index in [9.17, 15) is 4.39 Å². The second kappa shape index (κ2) is 11.7. The van der Waals surface area contributed by atoms with Gasteiger partial charge in [-0.15, -0.1) is 0 Å². The van der Waals surface area contributed by atoms with E-state index in [-0.39, 0.29) is 12.4 Å². The van der Waals surface area contributed by atoms with Crippen LogP contribution in [0.4, 0.5) is 15.8 Å². The maximum absolute atomic E-state index is 13.1. The Kier molecular flexibility index (Phi) is 8.41. The number of ether oxygens (including phenoxy) is 2. The Balaban J connectivity index is 1.43. The first-order chi connectivity index (χ1) is 16.5. The highest BCUT2D eigenvalue weighted by molar-refractivity contribution is 6.33. The van der Waals surface area contributed by atoms with Gasteiger partial charge in [-0.2, -0.15) is 0 Å². The third-order valence-electron chi connectivity index (χ3n) is 5.81. The van der Waals surface area contributed by atoms with Gasteiger partial charge >= 0.3 is 0 Å². The third-order valence-corrected chi connectivity index (χ3v) is 6.39. The molecule has 3 aromatic carbocycles. The van der Waals surface area contributed by atoms with E-state index in [4.69, 9.17) is 32.7 Å². The van der Waals surface area contributed by atoms with Gasteiger partial charge < -0.3 is 19.7 Å². The molecule has 0 bridgehead atoms. The highest BCUT2D eigenvalue weighted by atomic mass is 35.5. The van der Waals surface area contributed by atoms with E-state index < -0.39 is 0 Å². The van der Waals surface area contributed by atoms with E-state index in [1.54, 1.807) is 12.1 Å². The van der Waals surface area contributed by atoms with Crippen molar-refractivity contribution in [2.45, 2.75) is 39.3 Å². The van der Waals surface area contributed by atoms with Crippen LogP contribution in [0.3, 0.4) is 0 Å². The second-order valence-electron chi connectivity index (χ2n) is 8.32. The van der Waals surface area contributed by atoms with Crippen molar-refractivity contribution >= 4 is 34.6 Å². The zero-order valence-electron chi connectivity index (χ0n) is 19.3. The van der Waals surface area contributed by atoms with Crippen molar-refractivity contribution in [3.8, 4) is 11.5 Å². The van der Waals surface area contributed by atoms with Gasteiger partial charge in [-0.25, -0.2) is 4.39 Å². The van der Waals surface area contributed by atoms with Crippen LogP contribution in [-0.2, 0) is 13.2 Å². The molecular formula is C27H29Cl2FN2O2. The van der Waals surface area contributed by atoms with E-state index in [1.165, 1.54) is 31.4 Å². The molecule has 0 unspecified atom stereocenters. The minimum atomic E-state index is -0.281. The minimum Gasteiger partial charge on any atom is -0.490 e. The van der Waals surface area contributed by atoms with E-state index in [0.717, 1.165) is 40.6 Å². The predicted octanol–water partition coefficient (Wildman–Crippen LogP) is 7.71. The lowest BCUT2D eigenvalue weighted by molar-refractivity contribution is 0.269. The first kappa shape index (κ1) is 24.5. The summed E-state index contributed by atoms with van der Waals surface area (Å²) in [6.45, 7) is 5.32. The third kappa shape index (κ3) is 6.28. The number of hydrogen-bond acceptors (Lipinski definition) is 4. The van der Waals surface area contributed by atoms with Crippen molar-refractivity contribution in [3.63, 3.8) is 0 Å². The van der Waals surface area contributed by atoms with Gasteiger partial charge in [-0.3, -0.25) is 0 Å². The number of piperidine rings is 1. The maximum Gasteiger partial charge on any atom is 0.180 e. The number of benzene rings is 3. The number of hydrogen-bond donors (Lipinski definition) is 1. The summed E-state index contributed by atoms with van der Waals surface area (Å²) in [4.78, 5) is 2.36. The lowest BCUT2D eigenvalue weighted by Gasteiger charge is -2.29. The van der Waals surface area contributed by atoms with Crippen LogP contribution in [-0.4, -0.2) is 19.7 Å². The fourth-order valence-corrected chi connectivity index (χ4v) is 4.66. The van der Waals surface area contributed by atoms with Crippen LogP contribution in [0.5, 0.6) is 11.5 Å². The van der Waals surface area contributed by atoms with Crippen LogP contribution in [0, 0.1) is 5.82 Å². The molecule has 0 spiro atoms. The van der Waals surface area contributed by atoms with Crippen molar-refractivity contribution < 1.29 is 13.9 Å². The molecule has 4 rings (SSSR count). The first-order valence-corrected chi connectivity index (χ1v) is 12.4. The molecule has 4 nitrogen and oxygen atoms in total. The average Bonchev–Trinajstić information content (AvgIpc) is 2.84. The molecule has 0 aromatic heterocycles. The Morgan fingerprint density at radius 1 is 0.882 bits per heavy atom. The summed E-state index contributed by atoms with van der Waals surface area (Å²) in [6.07, 6.45) is 3.71. The van der Waals surface area contributed by atoms with E-state index in [2.05, 4.69) is 22.3 Å². The van der Waals surface area contributed by atoms with Crippen molar-refractivity contribution in [2.75, 3.05) is 29.9 Å². The molecule has 1 aliphatic rings. The van der Waals surface area contributed by atoms with Gasteiger partial charge in [0.15, 0.2) is 11.5 Å². The van der Waals surface area contributed by atoms with Crippen molar-refractivity contribution in [3.05, 3.63) is 81.6 Å². The summed E-state index contributed by atoms with van der Waals surface area (Å²) in [7, 11) is 0. The summed E-state index contributed by atoms with van der Waals surface area (Å²) in [6, 6.07) is 16.1. The summed E-state index contributed by atoms with van der Waals surface area (Å²) in [5.74, 6) is 0.772. The molecule has 0 saturated carbocycles. The topological polar surface area (TPSA) is 33.7 Å². The van der Waals surface area contributed by atoms with Gasteiger partial charge in [0.1, 0.15) is 12.4 Å². The van der Waals surface area contributed by atoms with Crippen LogP contribution in [0.25, 0.3) is 0 Å². The molecule has 0 radical (unpaired) electrons. The number of halogens is 3. The fraction of sp³-hybridized carbons (Fsp3) is 0.333. The molecule has 0 amide bonds. The van der Waals surface area contributed by atoms with Crippen LogP contribution >= 0.6 is 23.2 Å². The molecule has 180 valence electrons. The normalized spacial score (nSPS) is 13.6. The quantitative estimate of drug-likeness (QED) is 0.324. The molecule has 0 aliphatic carbocycles. The maximum atomic E-state index is 13.1. The lowest BCUT2D eigenvalue weighted by atomic mass is 10.1. The molecule has 34 heavy (non-hydrogen) atoms. The van der Waals surface area contributed by atoms with Crippen molar-refractivity contribution in [2.24, 2.45) is 0 Å². The standard InChI is InChI=1S/C27H29Cl2FN2O2/c1-2-33-26-15-20(14-24(29)27(26)34-18-19-6-8-21(30)9-7-19)17-31-22-10-11-25(23(28)16-22)32-12-4-3-5-13-32/h6-11,14-16,31H,2-5,12-13,17-18H2,1H3. The van der Waals surface area contributed by atoms with Gasteiger partial charge in [0.05, 0.1) is 22.3 Å². The van der Waals surface area contributed by atoms with Gasteiger partial charge in [-0.05, 0) is 79.8 Å². The minimum absolute atomic E-state index is 0.263. The Labute approximate surface area is 210 Å². The zero-order valence-corrected chi connectivity index (χ0v) is 20.8. The SMILES string of the molecule is CCOc1cc(CNc2ccc(N3CCCCC3)c(Cl)c2)cc(Cl)c1OCc1ccc(F)cc1. The molecule has 1 aliphatic heterocycles. The second-order valence-corrected chi connectivity index (χ2v) is 9.13. The Morgan fingerprint density at radius 3 is 2.35 bits per heavy atom. The molecule has 7 heteroatoms.